The molecule has 0 saturated heterocycles. The van der Waals surface area contributed by atoms with Crippen LogP contribution in [-0.4, -0.2) is 4.98 Å². The van der Waals surface area contributed by atoms with Crippen molar-refractivity contribution in [1.29, 1.82) is 0 Å². The number of nitrogens with zero attached hydrogens (tertiary/aromatic N) is 1. The molecule has 15 heavy (non-hydrogen) atoms. The topological polar surface area (TPSA) is 12.9 Å². The molecule has 0 amide bonds. The molecule has 2 heteroatoms. The molecule has 0 saturated carbocycles. The predicted molar refractivity (Wildman–Crippen MR) is 63.9 cm³/mol. The normalized spacial score (nSPS) is 10.7. The molecular weight excluding hydrogens is 202 g/mol. The van der Waals surface area contributed by atoms with Gasteiger partial charge in [0.25, 0.3) is 0 Å². The second kappa shape index (κ2) is 3.48. The first-order chi connectivity index (χ1) is 7.45. The predicted octanol–water partition coefficient (Wildman–Crippen LogP) is 3.76. The van der Waals surface area contributed by atoms with Gasteiger partial charge in [0.2, 0.25) is 0 Å². The quantitative estimate of drug-likeness (QED) is 0.596. The fourth-order valence-corrected chi connectivity index (χ4v) is 2.48. The van der Waals surface area contributed by atoms with Crippen molar-refractivity contribution < 1.29 is 0 Å². The van der Waals surface area contributed by atoms with Crippen molar-refractivity contribution >= 4 is 21.4 Å². The number of aromatic nitrogens is 1. The third-order valence-corrected chi connectivity index (χ3v) is 3.24. The zero-order valence-corrected chi connectivity index (χ0v) is 8.79. The largest absolute Gasteiger partial charge is 0.264 e. The number of rotatable bonds is 1. The van der Waals surface area contributed by atoms with Gasteiger partial charge in [-0.2, -0.15) is 0 Å². The van der Waals surface area contributed by atoms with Crippen molar-refractivity contribution in [3.63, 3.8) is 0 Å². The van der Waals surface area contributed by atoms with E-state index < -0.39 is 0 Å². The van der Waals surface area contributed by atoms with Crippen LogP contribution < -0.4 is 0 Å². The summed E-state index contributed by atoms with van der Waals surface area (Å²) in [6, 6.07) is 13.5. The Morgan fingerprint density at radius 2 is 2.20 bits per heavy atom. The van der Waals surface area contributed by atoms with Crippen LogP contribution in [-0.2, 0) is 0 Å². The van der Waals surface area contributed by atoms with Gasteiger partial charge in [-0.15, -0.1) is 11.3 Å². The van der Waals surface area contributed by atoms with Gasteiger partial charge in [-0.25, -0.2) is 0 Å². The van der Waals surface area contributed by atoms with Crippen LogP contribution in [0.25, 0.3) is 21.2 Å². The Kier molecular flexibility index (Phi) is 2.00. The SMILES string of the molecule is [c]1ccc(-c2cccnc2)c2ccsc12. The first-order valence-corrected chi connectivity index (χ1v) is 5.61. The van der Waals surface area contributed by atoms with E-state index in [0.717, 1.165) is 5.56 Å². The van der Waals surface area contributed by atoms with Gasteiger partial charge in [0, 0.05) is 34.1 Å². The maximum atomic E-state index is 4.15. The Morgan fingerprint density at radius 1 is 1.20 bits per heavy atom. The van der Waals surface area contributed by atoms with Gasteiger partial charge in [-0.3, -0.25) is 4.98 Å². The molecule has 0 fully saturated rings. The van der Waals surface area contributed by atoms with Gasteiger partial charge in [-0.1, -0.05) is 18.2 Å². The molecule has 0 aliphatic heterocycles. The van der Waals surface area contributed by atoms with Crippen LogP contribution in [0.5, 0.6) is 0 Å². The van der Waals surface area contributed by atoms with Gasteiger partial charge < -0.3 is 0 Å². The third kappa shape index (κ3) is 1.43. The molecular formula is C13H8NS. The average Bonchev–Trinajstić information content (AvgIpc) is 2.78. The van der Waals surface area contributed by atoms with Gasteiger partial charge in [0.05, 0.1) is 0 Å². The zero-order chi connectivity index (χ0) is 10.1. The lowest BCUT2D eigenvalue weighted by Gasteiger charge is -2.01. The maximum Gasteiger partial charge on any atom is 0.0427 e. The second-order valence-corrected chi connectivity index (χ2v) is 4.21. The zero-order valence-electron chi connectivity index (χ0n) is 7.97. The Bertz CT molecular complexity index is 584. The molecule has 1 radical (unpaired) electrons. The molecule has 0 atom stereocenters. The molecule has 1 aromatic carbocycles. The second-order valence-electron chi connectivity index (χ2n) is 3.30. The molecule has 0 unspecified atom stereocenters. The average molecular weight is 210 g/mol. The highest BCUT2D eigenvalue weighted by Gasteiger charge is 2.03. The van der Waals surface area contributed by atoms with E-state index in [-0.39, 0.29) is 0 Å². The van der Waals surface area contributed by atoms with Crippen molar-refractivity contribution in [2.45, 2.75) is 0 Å². The minimum absolute atomic E-state index is 1.16. The van der Waals surface area contributed by atoms with E-state index in [1.165, 1.54) is 15.6 Å². The number of pyridine rings is 1. The Morgan fingerprint density at radius 3 is 3.07 bits per heavy atom. The smallest absolute Gasteiger partial charge is 0.0427 e. The van der Waals surface area contributed by atoms with Gasteiger partial charge in [0.15, 0.2) is 0 Å². The van der Waals surface area contributed by atoms with E-state index >= 15 is 0 Å². The first kappa shape index (κ1) is 8.62. The van der Waals surface area contributed by atoms with E-state index in [0.29, 0.717) is 0 Å². The highest BCUT2D eigenvalue weighted by molar-refractivity contribution is 7.17. The minimum atomic E-state index is 1.16. The van der Waals surface area contributed by atoms with Crippen LogP contribution in [0, 0.1) is 6.07 Å². The summed E-state index contributed by atoms with van der Waals surface area (Å²) in [5.74, 6) is 0. The van der Waals surface area contributed by atoms with Crippen LogP contribution in [0.2, 0.25) is 0 Å². The molecule has 1 nitrogen and oxygen atoms in total. The number of fused-ring (bicyclic) bond motifs is 1. The summed E-state index contributed by atoms with van der Waals surface area (Å²) in [4.78, 5) is 4.15. The molecule has 0 aliphatic carbocycles. The lowest BCUT2D eigenvalue weighted by molar-refractivity contribution is 1.33. The van der Waals surface area contributed by atoms with Crippen molar-refractivity contribution in [3.8, 4) is 11.1 Å². The van der Waals surface area contributed by atoms with Gasteiger partial charge in [-0.05, 0) is 23.1 Å². The van der Waals surface area contributed by atoms with Crippen molar-refractivity contribution in [1.82, 2.24) is 4.98 Å². The van der Waals surface area contributed by atoms with Crippen molar-refractivity contribution in [2.24, 2.45) is 0 Å². The fourth-order valence-electron chi connectivity index (χ4n) is 1.70. The van der Waals surface area contributed by atoms with Crippen LogP contribution in [0.3, 0.4) is 0 Å². The Balaban J connectivity index is 2.31. The molecule has 0 spiro atoms. The highest BCUT2D eigenvalue weighted by Crippen LogP contribution is 2.30. The molecule has 0 N–H and O–H groups in total. The summed E-state index contributed by atoms with van der Waals surface area (Å²) in [5, 5.41) is 3.36. The van der Waals surface area contributed by atoms with Crippen LogP contribution >= 0.6 is 11.3 Å². The number of benzene rings is 1. The number of hydrogen-bond acceptors (Lipinski definition) is 2. The van der Waals surface area contributed by atoms with E-state index in [2.05, 4.69) is 34.6 Å². The fraction of sp³-hybridized carbons (Fsp3) is 0. The summed E-state index contributed by atoms with van der Waals surface area (Å²) in [7, 11) is 0. The molecule has 2 heterocycles. The van der Waals surface area contributed by atoms with Gasteiger partial charge in [0.1, 0.15) is 0 Å². The highest BCUT2D eigenvalue weighted by atomic mass is 32.1. The molecule has 3 rings (SSSR count). The van der Waals surface area contributed by atoms with E-state index in [4.69, 9.17) is 0 Å². The standard InChI is InChI=1S/C13H8NS/c1-4-11(10-3-2-7-14-9-10)12-6-8-15-13(12)5-1/h1-4,6-9H. The summed E-state index contributed by atoms with van der Waals surface area (Å²) in [5.41, 5.74) is 2.40. The molecule has 0 bridgehead atoms. The third-order valence-electron chi connectivity index (χ3n) is 2.39. The summed E-state index contributed by atoms with van der Waals surface area (Å²) >= 11 is 1.72. The van der Waals surface area contributed by atoms with Crippen molar-refractivity contribution in [3.05, 3.63) is 54.2 Å². The summed E-state index contributed by atoms with van der Waals surface area (Å²) < 4.78 is 1.20. The number of hydrogen-bond donors (Lipinski definition) is 0. The monoisotopic (exact) mass is 210 g/mol. The molecule has 0 aliphatic rings. The molecule has 3 aromatic rings. The van der Waals surface area contributed by atoms with E-state index in [9.17, 15) is 0 Å². The first-order valence-electron chi connectivity index (χ1n) is 4.73. The van der Waals surface area contributed by atoms with Crippen LogP contribution in [0.4, 0.5) is 0 Å². The van der Waals surface area contributed by atoms with Crippen LogP contribution in [0.1, 0.15) is 0 Å². The molecule has 71 valence electrons. The number of thiophene rings is 1. The van der Waals surface area contributed by atoms with Crippen molar-refractivity contribution in [2.75, 3.05) is 0 Å². The van der Waals surface area contributed by atoms with E-state index in [1.54, 1.807) is 17.5 Å². The molecule has 2 aromatic heterocycles. The minimum Gasteiger partial charge on any atom is -0.264 e. The van der Waals surface area contributed by atoms with Gasteiger partial charge >= 0.3 is 0 Å². The Labute approximate surface area is 92.0 Å². The lowest BCUT2D eigenvalue weighted by Crippen LogP contribution is -1.79. The Hall–Kier alpha value is -1.67. The lowest BCUT2D eigenvalue weighted by atomic mass is 10.0. The summed E-state index contributed by atoms with van der Waals surface area (Å²) in [6.45, 7) is 0. The maximum absolute atomic E-state index is 4.15. The van der Waals surface area contributed by atoms with Crippen LogP contribution in [0.15, 0.2) is 48.1 Å². The van der Waals surface area contributed by atoms with E-state index in [1.807, 2.05) is 18.3 Å². The summed E-state index contributed by atoms with van der Waals surface area (Å²) in [6.07, 6.45) is 3.69.